The number of hydrogen-bond acceptors (Lipinski definition) is 2. The number of hydrogen-bond donors (Lipinski definition) is 0. The molecule has 0 radical (unpaired) electrons. The van der Waals surface area contributed by atoms with Crippen LogP contribution < -0.4 is 10.0 Å². The molecule has 2 aromatic carbocycles. The zero-order valence-electron chi connectivity index (χ0n) is 9.98. The van der Waals surface area contributed by atoms with Crippen molar-refractivity contribution in [1.82, 2.24) is 0 Å². The van der Waals surface area contributed by atoms with Gasteiger partial charge in [-0.3, -0.25) is 0 Å². The van der Waals surface area contributed by atoms with Crippen molar-refractivity contribution in [3.8, 4) is 5.75 Å². The zero-order chi connectivity index (χ0) is 12.8. The molecule has 90 valence electrons. The molecule has 0 saturated carbocycles. The van der Waals surface area contributed by atoms with Gasteiger partial charge in [0.2, 0.25) is 5.30 Å². The minimum Gasteiger partial charge on any atom is -0.497 e. The maximum atomic E-state index is 11.9. The molecule has 0 saturated heterocycles. The van der Waals surface area contributed by atoms with E-state index >= 15 is 0 Å². The van der Waals surface area contributed by atoms with Crippen LogP contribution in [0.3, 0.4) is 0 Å². The van der Waals surface area contributed by atoms with E-state index < -0.39 is 7.95 Å². The van der Waals surface area contributed by atoms with Crippen LogP contribution in [0.1, 0.15) is 5.56 Å². The van der Waals surface area contributed by atoms with E-state index in [4.69, 9.17) is 4.74 Å². The van der Waals surface area contributed by atoms with Gasteiger partial charge in [0.05, 0.1) is 13.3 Å². The molecular weight excluding hydrogens is 245 g/mol. The second kappa shape index (κ2) is 6.08. The molecule has 0 bridgehead atoms. The largest absolute Gasteiger partial charge is 0.524 e. The molecule has 0 fully saturated rings. The third-order valence-corrected chi connectivity index (χ3v) is 3.47. The summed E-state index contributed by atoms with van der Waals surface area (Å²) in [7, 11) is -0.102. The summed E-state index contributed by atoms with van der Waals surface area (Å²) in [6.45, 7) is 0. The van der Waals surface area contributed by atoms with Gasteiger partial charge in [0.25, 0.3) is 0 Å². The Labute approximate surface area is 107 Å². The Kier molecular flexibility index (Phi) is 4.21. The first-order valence-corrected chi connectivity index (χ1v) is 6.71. The number of rotatable bonds is 4. The molecule has 2 rings (SSSR count). The molecular formula is C14H13NO2P+. The highest BCUT2D eigenvalue weighted by atomic mass is 31.1. The lowest BCUT2D eigenvalue weighted by Crippen LogP contribution is -1.92. The van der Waals surface area contributed by atoms with E-state index in [-0.39, 0.29) is 0 Å². The fourth-order valence-corrected chi connectivity index (χ4v) is 2.23. The maximum absolute atomic E-state index is 11.9. The Morgan fingerprint density at radius 3 is 2.33 bits per heavy atom. The van der Waals surface area contributed by atoms with Crippen LogP contribution in [0.15, 0.2) is 59.4 Å². The first kappa shape index (κ1) is 12.5. The normalized spacial score (nSPS) is 11.5. The summed E-state index contributed by atoms with van der Waals surface area (Å²) >= 11 is 0. The SMILES string of the molecule is COc1ccc(C=N[P+](=O)c2ccccc2)cc1. The molecule has 3 nitrogen and oxygen atoms in total. The summed E-state index contributed by atoms with van der Waals surface area (Å²) in [5.41, 5.74) is 0.898. The van der Waals surface area contributed by atoms with Crippen LogP contribution in [-0.2, 0) is 4.57 Å². The van der Waals surface area contributed by atoms with Crippen molar-refractivity contribution in [2.24, 2.45) is 4.76 Å². The van der Waals surface area contributed by atoms with E-state index in [9.17, 15) is 4.57 Å². The summed E-state index contributed by atoms with van der Waals surface area (Å²) in [4.78, 5) is 0. The van der Waals surface area contributed by atoms with Crippen LogP contribution in [0.4, 0.5) is 0 Å². The Balaban J connectivity index is 2.08. The van der Waals surface area contributed by atoms with Gasteiger partial charge in [-0.2, -0.15) is 0 Å². The molecule has 0 amide bonds. The lowest BCUT2D eigenvalue weighted by atomic mass is 10.2. The van der Waals surface area contributed by atoms with Crippen molar-refractivity contribution in [1.29, 1.82) is 0 Å². The van der Waals surface area contributed by atoms with Gasteiger partial charge in [-0.15, -0.1) is 0 Å². The van der Waals surface area contributed by atoms with Crippen molar-refractivity contribution in [2.45, 2.75) is 0 Å². The predicted molar refractivity (Wildman–Crippen MR) is 74.3 cm³/mol. The summed E-state index contributed by atoms with van der Waals surface area (Å²) in [5, 5.41) is 0.734. The first-order chi connectivity index (χ1) is 8.79. The summed E-state index contributed by atoms with van der Waals surface area (Å²) in [5.74, 6) is 0.791. The van der Waals surface area contributed by atoms with E-state index in [1.807, 2.05) is 54.6 Å². The van der Waals surface area contributed by atoms with Crippen molar-refractivity contribution < 1.29 is 9.30 Å². The molecule has 1 unspecified atom stereocenters. The minimum atomic E-state index is -1.72. The van der Waals surface area contributed by atoms with Gasteiger partial charge < -0.3 is 4.74 Å². The monoisotopic (exact) mass is 258 g/mol. The van der Waals surface area contributed by atoms with E-state index in [1.165, 1.54) is 0 Å². The fourth-order valence-electron chi connectivity index (χ4n) is 1.43. The molecule has 0 spiro atoms. The molecule has 1 atom stereocenters. The van der Waals surface area contributed by atoms with Gasteiger partial charge >= 0.3 is 7.95 Å². The van der Waals surface area contributed by atoms with Crippen LogP contribution in [-0.4, -0.2) is 13.3 Å². The number of benzene rings is 2. The van der Waals surface area contributed by atoms with Crippen LogP contribution in [0, 0.1) is 0 Å². The van der Waals surface area contributed by atoms with Crippen LogP contribution in [0.2, 0.25) is 0 Å². The van der Waals surface area contributed by atoms with Crippen molar-refractivity contribution >= 4 is 19.5 Å². The molecule has 0 aromatic heterocycles. The Bertz CT molecular complexity index is 550. The highest BCUT2D eigenvalue weighted by Crippen LogP contribution is 2.21. The van der Waals surface area contributed by atoms with Crippen LogP contribution in [0.5, 0.6) is 5.75 Å². The summed E-state index contributed by atoms with van der Waals surface area (Å²) < 4.78 is 21.0. The highest BCUT2D eigenvalue weighted by Gasteiger charge is 2.16. The minimum absolute atomic E-state index is 0.734. The molecule has 0 aliphatic heterocycles. The average molecular weight is 258 g/mol. The van der Waals surface area contributed by atoms with E-state index in [0.717, 1.165) is 16.6 Å². The smallest absolute Gasteiger partial charge is 0.497 e. The molecule has 2 aromatic rings. The van der Waals surface area contributed by atoms with Gasteiger partial charge in [-0.25, -0.2) is 0 Å². The molecule has 0 aliphatic carbocycles. The third-order valence-electron chi connectivity index (χ3n) is 2.40. The van der Waals surface area contributed by atoms with Crippen molar-refractivity contribution in [3.05, 3.63) is 60.2 Å². The van der Waals surface area contributed by atoms with E-state index in [1.54, 1.807) is 13.3 Å². The third kappa shape index (κ3) is 3.25. The Morgan fingerprint density at radius 1 is 1.06 bits per heavy atom. The second-order valence-electron chi connectivity index (χ2n) is 3.63. The first-order valence-electron chi connectivity index (χ1n) is 5.50. The van der Waals surface area contributed by atoms with Crippen LogP contribution in [0.25, 0.3) is 0 Å². The van der Waals surface area contributed by atoms with Crippen LogP contribution >= 0.6 is 7.95 Å². The van der Waals surface area contributed by atoms with Crippen molar-refractivity contribution in [2.75, 3.05) is 7.11 Å². The fraction of sp³-hybridized carbons (Fsp3) is 0.0714. The standard InChI is InChI=1S/C14H13NO2P/c1-17-13-9-7-12(8-10-13)11-15-18(16)14-5-3-2-4-6-14/h2-11H,1H3/q+1. The predicted octanol–water partition coefficient (Wildman–Crippen LogP) is 3.18. The van der Waals surface area contributed by atoms with Crippen molar-refractivity contribution in [3.63, 3.8) is 0 Å². The Hall–Kier alpha value is -1.99. The average Bonchev–Trinajstić information content (AvgIpc) is 2.46. The number of nitrogens with zero attached hydrogens (tertiary/aromatic N) is 1. The van der Waals surface area contributed by atoms with Gasteiger partial charge in [-0.1, -0.05) is 18.2 Å². The molecule has 0 N–H and O–H groups in total. The maximum Gasteiger partial charge on any atom is 0.524 e. The van der Waals surface area contributed by atoms with Gasteiger partial charge in [0, 0.05) is 0 Å². The second-order valence-corrected chi connectivity index (χ2v) is 4.92. The Morgan fingerprint density at radius 2 is 1.72 bits per heavy atom. The molecule has 18 heavy (non-hydrogen) atoms. The zero-order valence-corrected chi connectivity index (χ0v) is 10.9. The number of methoxy groups -OCH3 is 1. The quantitative estimate of drug-likeness (QED) is 0.624. The summed E-state index contributed by atoms with van der Waals surface area (Å²) in [6.07, 6.45) is 1.62. The topological polar surface area (TPSA) is 38.7 Å². The van der Waals surface area contributed by atoms with Gasteiger partial charge in [0.1, 0.15) is 5.75 Å². The van der Waals surface area contributed by atoms with Gasteiger partial charge in [0.15, 0.2) is 0 Å². The van der Waals surface area contributed by atoms with E-state index in [0.29, 0.717) is 0 Å². The highest BCUT2D eigenvalue weighted by molar-refractivity contribution is 7.52. The lowest BCUT2D eigenvalue weighted by Gasteiger charge is -1.97. The number of ether oxygens (including phenoxy) is 1. The molecule has 4 heteroatoms. The van der Waals surface area contributed by atoms with E-state index in [2.05, 4.69) is 4.76 Å². The lowest BCUT2D eigenvalue weighted by molar-refractivity contribution is 0.415. The molecule has 0 aliphatic rings. The summed E-state index contributed by atoms with van der Waals surface area (Å²) in [6, 6.07) is 16.6. The van der Waals surface area contributed by atoms with Gasteiger partial charge in [-0.05, 0) is 51.3 Å². The molecule has 0 heterocycles.